The Morgan fingerprint density at radius 1 is 1.47 bits per heavy atom. The number of aliphatic hydroxyl groups excluding tert-OH is 1. The predicted molar refractivity (Wildman–Crippen MR) is 61.3 cm³/mol. The van der Waals surface area contributed by atoms with E-state index in [-0.39, 0.29) is 11.5 Å². The molecule has 0 aromatic heterocycles. The summed E-state index contributed by atoms with van der Waals surface area (Å²) in [6.07, 6.45) is 2.89. The molecule has 0 amide bonds. The maximum absolute atomic E-state index is 11.0. The average molecular weight is 228 g/mol. The molecule has 0 unspecified atom stereocenters. The highest BCUT2D eigenvalue weighted by Crippen LogP contribution is 2.10. The molecule has 3 nitrogen and oxygen atoms in total. The third-order valence-corrected chi connectivity index (χ3v) is 2.62. The predicted octanol–water partition coefficient (Wildman–Crippen LogP) is 1.77. The van der Waals surface area contributed by atoms with Crippen molar-refractivity contribution in [3.8, 4) is 0 Å². The minimum absolute atomic E-state index is 0.136. The van der Waals surface area contributed by atoms with Crippen LogP contribution in [-0.4, -0.2) is 19.8 Å². The van der Waals surface area contributed by atoms with Crippen LogP contribution in [0.15, 0.2) is 41.8 Å². The molecule has 15 heavy (non-hydrogen) atoms. The number of rotatable bonds is 2. The smallest absolute Gasteiger partial charge is 0.175 e. The summed E-state index contributed by atoms with van der Waals surface area (Å²) in [5, 5.41) is 8.73. The average Bonchev–Trinajstić information content (AvgIpc) is 2.18. The van der Waals surface area contributed by atoms with Gasteiger partial charge >= 0.3 is 0 Å². The molecule has 0 bridgehead atoms. The van der Waals surface area contributed by atoms with Crippen molar-refractivity contribution < 1.29 is 13.5 Å². The molecule has 0 spiro atoms. The van der Waals surface area contributed by atoms with Crippen LogP contribution in [0.25, 0.3) is 0 Å². The fraction of sp³-hybridized carbons (Fsp3) is 0.273. The molecular formula is C11H16O3S. The fourth-order valence-electron chi connectivity index (χ4n) is 0.874. The molecule has 0 fully saturated rings. The van der Waals surface area contributed by atoms with Gasteiger partial charge in [0.1, 0.15) is 0 Å². The maximum atomic E-state index is 11.0. The molecule has 4 heteroatoms. The second-order valence-electron chi connectivity index (χ2n) is 2.99. The minimum Gasteiger partial charge on any atom is -0.392 e. The summed E-state index contributed by atoms with van der Waals surface area (Å²) in [5.74, 6) is 0. The van der Waals surface area contributed by atoms with Crippen molar-refractivity contribution in [2.75, 3.05) is 6.26 Å². The molecule has 0 aliphatic heterocycles. The quantitative estimate of drug-likeness (QED) is 0.785. The molecule has 0 atom stereocenters. The second-order valence-corrected chi connectivity index (χ2v) is 5.00. The standard InChI is InChI=1S/C8H10O3S.C3H6/c1-12(10,11)8-4-2-3-7(5-8)6-9;1-3-2/h2-5,9H,6H2,1H3;3H,1H2,2H3. The highest BCUT2D eigenvalue weighted by atomic mass is 32.2. The minimum atomic E-state index is -3.15. The topological polar surface area (TPSA) is 54.4 Å². The van der Waals surface area contributed by atoms with E-state index < -0.39 is 9.84 Å². The van der Waals surface area contributed by atoms with Crippen LogP contribution >= 0.6 is 0 Å². The number of hydrogen-bond donors (Lipinski definition) is 1. The zero-order valence-electron chi connectivity index (χ0n) is 8.97. The normalized spacial score (nSPS) is 10.1. The van der Waals surface area contributed by atoms with Crippen molar-refractivity contribution in [1.29, 1.82) is 0 Å². The summed E-state index contributed by atoms with van der Waals surface area (Å²) in [5.41, 5.74) is 0.609. The van der Waals surface area contributed by atoms with E-state index in [4.69, 9.17) is 5.11 Å². The Bertz CT molecular complexity index is 408. The molecular weight excluding hydrogens is 212 g/mol. The van der Waals surface area contributed by atoms with Crippen LogP contribution in [0.2, 0.25) is 0 Å². The van der Waals surface area contributed by atoms with Crippen LogP contribution in [-0.2, 0) is 16.4 Å². The van der Waals surface area contributed by atoms with Crippen molar-refractivity contribution >= 4 is 9.84 Å². The van der Waals surface area contributed by atoms with E-state index in [0.29, 0.717) is 5.56 Å². The van der Waals surface area contributed by atoms with Gasteiger partial charge in [-0.05, 0) is 24.6 Å². The summed E-state index contributed by atoms with van der Waals surface area (Å²) in [6.45, 7) is 5.11. The lowest BCUT2D eigenvalue weighted by Crippen LogP contribution is -1.97. The van der Waals surface area contributed by atoms with Gasteiger partial charge in [0.05, 0.1) is 11.5 Å². The number of hydrogen-bond acceptors (Lipinski definition) is 3. The largest absolute Gasteiger partial charge is 0.392 e. The summed E-state index contributed by atoms with van der Waals surface area (Å²) in [7, 11) is -3.15. The Kier molecular flexibility index (Phi) is 5.89. The van der Waals surface area contributed by atoms with Gasteiger partial charge in [0.2, 0.25) is 0 Å². The molecule has 0 saturated heterocycles. The van der Waals surface area contributed by atoms with Gasteiger partial charge in [-0.1, -0.05) is 18.2 Å². The zero-order chi connectivity index (χ0) is 11.9. The van der Waals surface area contributed by atoms with Gasteiger partial charge in [-0.2, -0.15) is 0 Å². The van der Waals surface area contributed by atoms with Crippen LogP contribution in [0.5, 0.6) is 0 Å². The summed E-state index contributed by atoms with van der Waals surface area (Å²) < 4.78 is 22.0. The van der Waals surface area contributed by atoms with E-state index in [9.17, 15) is 8.42 Å². The molecule has 84 valence electrons. The molecule has 1 aromatic carbocycles. The van der Waals surface area contributed by atoms with Gasteiger partial charge < -0.3 is 5.11 Å². The first kappa shape index (κ1) is 13.9. The van der Waals surface area contributed by atoms with Gasteiger partial charge in [-0.25, -0.2) is 8.42 Å². The fourth-order valence-corrected chi connectivity index (χ4v) is 1.57. The van der Waals surface area contributed by atoms with E-state index in [1.807, 2.05) is 6.92 Å². The first-order valence-electron chi connectivity index (χ1n) is 4.42. The highest BCUT2D eigenvalue weighted by molar-refractivity contribution is 7.90. The molecule has 1 aromatic rings. The number of benzene rings is 1. The van der Waals surface area contributed by atoms with Gasteiger partial charge in [0.25, 0.3) is 0 Å². The monoisotopic (exact) mass is 228 g/mol. The lowest BCUT2D eigenvalue weighted by molar-refractivity contribution is 0.281. The summed E-state index contributed by atoms with van der Waals surface area (Å²) in [6, 6.07) is 6.26. The molecule has 1 N–H and O–H groups in total. The van der Waals surface area contributed by atoms with Crippen molar-refractivity contribution in [2.24, 2.45) is 0 Å². The summed E-state index contributed by atoms with van der Waals surface area (Å²) >= 11 is 0. The van der Waals surface area contributed by atoms with E-state index in [0.717, 1.165) is 6.26 Å². The van der Waals surface area contributed by atoms with E-state index in [1.165, 1.54) is 12.1 Å². The Morgan fingerprint density at radius 2 is 2.00 bits per heavy atom. The van der Waals surface area contributed by atoms with Gasteiger partial charge in [-0.15, -0.1) is 6.58 Å². The van der Waals surface area contributed by atoms with Crippen molar-refractivity contribution in [3.63, 3.8) is 0 Å². The molecule has 0 aliphatic carbocycles. The van der Waals surface area contributed by atoms with Gasteiger partial charge in [-0.3, -0.25) is 0 Å². The van der Waals surface area contributed by atoms with Crippen LogP contribution < -0.4 is 0 Å². The Balaban J connectivity index is 0.000000583. The molecule has 0 radical (unpaired) electrons. The Hall–Kier alpha value is -1.13. The van der Waals surface area contributed by atoms with E-state index in [2.05, 4.69) is 6.58 Å². The third kappa shape index (κ3) is 5.34. The maximum Gasteiger partial charge on any atom is 0.175 e. The SMILES string of the molecule is C=CC.CS(=O)(=O)c1cccc(CO)c1. The van der Waals surface area contributed by atoms with Crippen LogP contribution in [0.4, 0.5) is 0 Å². The molecule has 0 aliphatic rings. The highest BCUT2D eigenvalue weighted by Gasteiger charge is 2.06. The molecule has 0 saturated carbocycles. The lowest BCUT2D eigenvalue weighted by Gasteiger charge is -1.99. The van der Waals surface area contributed by atoms with Gasteiger partial charge in [0, 0.05) is 6.26 Å². The number of aliphatic hydroxyl groups is 1. The van der Waals surface area contributed by atoms with E-state index in [1.54, 1.807) is 18.2 Å². The van der Waals surface area contributed by atoms with Gasteiger partial charge in [0.15, 0.2) is 9.84 Å². The van der Waals surface area contributed by atoms with Crippen LogP contribution in [0.1, 0.15) is 12.5 Å². The number of allylic oxidation sites excluding steroid dienone is 1. The van der Waals surface area contributed by atoms with Crippen LogP contribution in [0, 0.1) is 0 Å². The lowest BCUT2D eigenvalue weighted by atomic mass is 10.2. The first-order chi connectivity index (χ1) is 6.95. The van der Waals surface area contributed by atoms with E-state index >= 15 is 0 Å². The number of sulfone groups is 1. The zero-order valence-corrected chi connectivity index (χ0v) is 9.79. The molecule has 0 heterocycles. The van der Waals surface area contributed by atoms with Crippen molar-refractivity contribution in [2.45, 2.75) is 18.4 Å². The van der Waals surface area contributed by atoms with Crippen molar-refractivity contribution in [3.05, 3.63) is 42.5 Å². The van der Waals surface area contributed by atoms with Crippen molar-refractivity contribution in [1.82, 2.24) is 0 Å². The second kappa shape index (κ2) is 6.37. The molecule has 1 rings (SSSR count). The Labute approximate surface area is 91.0 Å². The summed E-state index contributed by atoms with van der Waals surface area (Å²) in [4.78, 5) is 0.244. The first-order valence-corrected chi connectivity index (χ1v) is 6.31. The van der Waals surface area contributed by atoms with Crippen LogP contribution in [0.3, 0.4) is 0 Å². The third-order valence-electron chi connectivity index (χ3n) is 1.51. The Morgan fingerprint density at radius 3 is 2.40 bits per heavy atom.